The van der Waals surface area contributed by atoms with Gasteiger partial charge in [-0.3, -0.25) is 0 Å². The molecule has 82 valence electrons. The van der Waals surface area contributed by atoms with Gasteiger partial charge in [0, 0.05) is 12.1 Å². The van der Waals surface area contributed by atoms with Crippen molar-refractivity contribution in [2.45, 2.75) is 58.0 Å². The summed E-state index contributed by atoms with van der Waals surface area (Å²) < 4.78 is 0. The molecule has 0 radical (unpaired) electrons. The van der Waals surface area contributed by atoms with Crippen molar-refractivity contribution in [2.75, 3.05) is 11.5 Å². The zero-order valence-electron chi connectivity index (χ0n) is 9.51. The number of thioether (sulfide) groups is 1. The average molecular weight is 213 g/mol. The summed E-state index contributed by atoms with van der Waals surface area (Å²) in [5, 5.41) is 3.86. The molecule has 0 bridgehead atoms. The van der Waals surface area contributed by atoms with Crippen LogP contribution < -0.4 is 5.32 Å². The zero-order valence-corrected chi connectivity index (χ0v) is 10.3. The molecule has 0 aromatic heterocycles. The summed E-state index contributed by atoms with van der Waals surface area (Å²) in [7, 11) is 0. The summed E-state index contributed by atoms with van der Waals surface area (Å²) in [6.45, 7) is 4.82. The van der Waals surface area contributed by atoms with E-state index in [0.29, 0.717) is 5.41 Å². The van der Waals surface area contributed by atoms with Gasteiger partial charge in [-0.05, 0) is 49.0 Å². The molecule has 2 aliphatic rings. The first kappa shape index (κ1) is 10.8. The van der Waals surface area contributed by atoms with Gasteiger partial charge in [-0.25, -0.2) is 0 Å². The summed E-state index contributed by atoms with van der Waals surface area (Å²) in [5.74, 6) is 2.74. The van der Waals surface area contributed by atoms with E-state index < -0.39 is 0 Å². The Labute approximate surface area is 92.4 Å². The van der Waals surface area contributed by atoms with Crippen molar-refractivity contribution in [3.63, 3.8) is 0 Å². The highest BCUT2D eigenvalue weighted by molar-refractivity contribution is 7.99. The molecule has 14 heavy (non-hydrogen) atoms. The number of rotatable bonds is 2. The van der Waals surface area contributed by atoms with E-state index >= 15 is 0 Å². The molecular formula is C12H23NS. The Balaban J connectivity index is 1.75. The maximum absolute atomic E-state index is 3.86. The van der Waals surface area contributed by atoms with Gasteiger partial charge in [0.25, 0.3) is 0 Å². The number of nitrogens with one attached hydrogen (secondary N) is 1. The SMILES string of the molecule is CC1(C)CCC(NC2CCSCC2)C1. The fourth-order valence-electron chi connectivity index (χ4n) is 2.78. The lowest BCUT2D eigenvalue weighted by atomic mass is 9.91. The summed E-state index contributed by atoms with van der Waals surface area (Å²) in [6.07, 6.45) is 6.97. The van der Waals surface area contributed by atoms with Gasteiger partial charge in [-0.2, -0.15) is 11.8 Å². The number of hydrogen-bond donors (Lipinski definition) is 1. The van der Waals surface area contributed by atoms with Crippen molar-refractivity contribution in [1.29, 1.82) is 0 Å². The molecule has 1 N–H and O–H groups in total. The van der Waals surface area contributed by atoms with Gasteiger partial charge in [0.05, 0.1) is 0 Å². The molecule has 0 aromatic carbocycles. The Morgan fingerprint density at radius 1 is 1.07 bits per heavy atom. The highest BCUT2D eigenvalue weighted by atomic mass is 32.2. The monoisotopic (exact) mass is 213 g/mol. The third-order valence-electron chi connectivity index (χ3n) is 3.66. The van der Waals surface area contributed by atoms with Gasteiger partial charge in [-0.1, -0.05) is 13.8 Å². The van der Waals surface area contributed by atoms with E-state index in [4.69, 9.17) is 0 Å². The minimum absolute atomic E-state index is 0.598. The van der Waals surface area contributed by atoms with Crippen molar-refractivity contribution in [3.05, 3.63) is 0 Å². The Morgan fingerprint density at radius 3 is 2.36 bits per heavy atom. The minimum Gasteiger partial charge on any atom is -0.311 e. The second-order valence-corrected chi connectivity index (χ2v) is 6.88. The van der Waals surface area contributed by atoms with Crippen molar-refractivity contribution in [3.8, 4) is 0 Å². The molecule has 1 heterocycles. The Morgan fingerprint density at radius 2 is 1.79 bits per heavy atom. The van der Waals surface area contributed by atoms with E-state index in [0.717, 1.165) is 12.1 Å². The van der Waals surface area contributed by atoms with Crippen molar-refractivity contribution < 1.29 is 0 Å². The Hall–Kier alpha value is 0.310. The molecule has 1 aliphatic carbocycles. The molecule has 2 heteroatoms. The molecule has 1 aliphatic heterocycles. The zero-order chi connectivity index (χ0) is 10.0. The lowest BCUT2D eigenvalue weighted by Gasteiger charge is -2.27. The van der Waals surface area contributed by atoms with E-state index in [1.807, 2.05) is 0 Å². The van der Waals surface area contributed by atoms with Gasteiger partial charge in [0.1, 0.15) is 0 Å². The van der Waals surface area contributed by atoms with Crippen molar-refractivity contribution in [2.24, 2.45) is 5.41 Å². The van der Waals surface area contributed by atoms with E-state index in [2.05, 4.69) is 30.9 Å². The van der Waals surface area contributed by atoms with Crippen molar-refractivity contribution >= 4 is 11.8 Å². The standard InChI is InChI=1S/C12H23NS/c1-12(2)6-3-11(9-12)13-10-4-7-14-8-5-10/h10-11,13H,3-9H2,1-2H3. The molecule has 0 aromatic rings. The van der Waals surface area contributed by atoms with Crippen LogP contribution in [0.5, 0.6) is 0 Å². The van der Waals surface area contributed by atoms with E-state index in [1.165, 1.54) is 43.6 Å². The molecule has 1 nitrogen and oxygen atoms in total. The van der Waals surface area contributed by atoms with Crippen LogP contribution in [-0.4, -0.2) is 23.6 Å². The third kappa shape index (κ3) is 2.90. The van der Waals surface area contributed by atoms with Crippen LogP contribution in [0.15, 0.2) is 0 Å². The molecule has 1 saturated carbocycles. The van der Waals surface area contributed by atoms with Crippen LogP contribution in [-0.2, 0) is 0 Å². The Kier molecular flexibility index (Phi) is 3.43. The molecule has 0 spiro atoms. The highest BCUT2D eigenvalue weighted by Crippen LogP contribution is 2.37. The summed E-state index contributed by atoms with van der Waals surface area (Å²) in [6, 6.07) is 1.65. The smallest absolute Gasteiger partial charge is 0.00853 e. The fraction of sp³-hybridized carbons (Fsp3) is 1.00. The Bertz CT molecular complexity index is 185. The van der Waals surface area contributed by atoms with E-state index in [1.54, 1.807) is 0 Å². The maximum Gasteiger partial charge on any atom is 0.00853 e. The van der Waals surface area contributed by atoms with Gasteiger partial charge >= 0.3 is 0 Å². The van der Waals surface area contributed by atoms with E-state index in [-0.39, 0.29) is 0 Å². The average Bonchev–Trinajstić information content (AvgIpc) is 2.47. The molecule has 1 saturated heterocycles. The van der Waals surface area contributed by atoms with Crippen LogP contribution in [0, 0.1) is 5.41 Å². The molecule has 0 amide bonds. The molecule has 2 fully saturated rings. The molecule has 2 rings (SSSR count). The minimum atomic E-state index is 0.598. The highest BCUT2D eigenvalue weighted by Gasteiger charge is 2.31. The van der Waals surface area contributed by atoms with Crippen LogP contribution in [0.4, 0.5) is 0 Å². The predicted octanol–water partition coefficient (Wildman–Crippen LogP) is 3.05. The van der Waals surface area contributed by atoms with Gasteiger partial charge in [-0.15, -0.1) is 0 Å². The van der Waals surface area contributed by atoms with Gasteiger partial charge in [0.2, 0.25) is 0 Å². The maximum atomic E-state index is 3.86. The molecular weight excluding hydrogens is 190 g/mol. The summed E-state index contributed by atoms with van der Waals surface area (Å²) in [5.41, 5.74) is 0.598. The second kappa shape index (κ2) is 4.44. The lowest BCUT2D eigenvalue weighted by Crippen LogP contribution is -2.39. The fourth-order valence-corrected chi connectivity index (χ4v) is 3.88. The van der Waals surface area contributed by atoms with Crippen LogP contribution >= 0.6 is 11.8 Å². The van der Waals surface area contributed by atoms with E-state index in [9.17, 15) is 0 Å². The second-order valence-electron chi connectivity index (χ2n) is 5.66. The summed E-state index contributed by atoms with van der Waals surface area (Å²) in [4.78, 5) is 0. The third-order valence-corrected chi connectivity index (χ3v) is 4.71. The quantitative estimate of drug-likeness (QED) is 0.756. The van der Waals surface area contributed by atoms with Crippen LogP contribution in [0.25, 0.3) is 0 Å². The van der Waals surface area contributed by atoms with Crippen LogP contribution in [0.3, 0.4) is 0 Å². The van der Waals surface area contributed by atoms with Crippen molar-refractivity contribution in [1.82, 2.24) is 5.32 Å². The van der Waals surface area contributed by atoms with Crippen LogP contribution in [0.2, 0.25) is 0 Å². The predicted molar refractivity (Wildman–Crippen MR) is 64.9 cm³/mol. The molecule has 1 unspecified atom stereocenters. The largest absolute Gasteiger partial charge is 0.311 e. The summed E-state index contributed by atoms with van der Waals surface area (Å²) >= 11 is 2.12. The first-order chi connectivity index (χ1) is 6.66. The lowest BCUT2D eigenvalue weighted by molar-refractivity contribution is 0.346. The first-order valence-corrected chi connectivity index (χ1v) is 7.15. The normalized spacial score (nSPS) is 33.4. The van der Waals surface area contributed by atoms with Crippen LogP contribution in [0.1, 0.15) is 46.0 Å². The van der Waals surface area contributed by atoms with Gasteiger partial charge < -0.3 is 5.32 Å². The number of hydrogen-bond acceptors (Lipinski definition) is 2. The van der Waals surface area contributed by atoms with Gasteiger partial charge in [0.15, 0.2) is 0 Å². The topological polar surface area (TPSA) is 12.0 Å². The molecule has 1 atom stereocenters. The first-order valence-electron chi connectivity index (χ1n) is 5.99.